The SMILES string of the molecule is CCNC(=NCc1ccc(CN2CCOCC2)cc1)NCC1CN(CC(C)C)CCO1.I. The molecule has 0 bridgehead atoms. The van der Waals surface area contributed by atoms with E-state index < -0.39 is 0 Å². The van der Waals surface area contributed by atoms with Crippen LogP contribution in [0.5, 0.6) is 0 Å². The molecule has 1 aromatic rings. The van der Waals surface area contributed by atoms with Crippen LogP contribution < -0.4 is 10.6 Å². The lowest BCUT2D eigenvalue weighted by molar-refractivity contribution is -0.0284. The average Bonchev–Trinajstić information content (AvgIpc) is 2.77. The van der Waals surface area contributed by atoms with Crippen LogP contribution in [-0.2, 0) is 22.6 Å². The van der Waals surface area contributed by atoms with E-state index >= 15 is 0 Å². The number of benzene rings is 1. The highest BCUT2D eigenvalue weighted by molar-refractivity contribution is 14.0. The van der Waals surface area contributed by atoms with Gasteiger partial charge in [0.1, 0.15) is 0 Å². The van der Waals surface area contributed by atoms with Gasteiger partial charge in [0.2, 0.25) is 0 Å². The first-order valence-corrected chi connectivity index (χ1v) is 11.9. The van der Waals surface area contributed by atoms with Gasteiger partial charge in [-0.2, -0.15) is 0 Å². The first-order chi connectivity index (χ1) is 15.1. The molecule has 0 saturated carbocycles. The van der Waals surface area contributed by atoms with Crippen molar-refractivity contribution in [3.63, 3.8) is 0 Å². The van der Waals surface area contributed by atoms with Gasteiger partial charge in [0.15, 0.2) is 5.96 Å². The highest BCUT2D eigenvalue weighted by Gasteiger charge is 2.21. The summed E-state index contributed by atoms with van der Waals surface area (Å²) in [6, 6.07) is 8.83. The number of ether oxygens (including phenoxy) is 2. The van der Waals surface area contributed by atoms with Gasteiger partial charge < -0.3 is 20.1 Å². The summed E-state index contributed by atoms with van der Waals surface area (Å²) in [5.74, 6) is 1.54. The fraction of sp³-hybridized carbons (Fsp3) is 0.708. The number of hydrogen-bond donors (Lipinski definition) is 2. The predicted octanol–water partition coefficient (Wildman–Crippen LogP) is 2.55. The van der Waals surface area contributed by atoms with Gasteiger partial charge in [0, 0.05) is 52.4 Å². The molecule has 32 heavy (non-hydrogen) atoms. The second kappa shape index (κ2) is 15.1. The molecule has 2 heterocycles. The van der Waals surface area contributed by atoms with Crippen molar-refractivity contribution in [2.24, 2.45) is 10.9 Å². The monoisotopic (exact) mass is 559 g/mol. The van der Waals surface area contributed by atoms with Crippen molar-refractivity contribution in [2.75, 3.05) is 65.6 Å². The van der Waals surface area contributed by atoms with E-state index in [1.54, 1.807) is 0 Å². The van der Waals surface area contributed by atoms with E-state index in [2.05, 4.69) is 65.5 Å². The molecule has 8 heteroatoms. The smallest absolute Gasteiger partial charge is 0.191 e. The van der Waals surface area contributed by atoms with Crippen molar-refractivity contribution < 1.29 is 9.47 Å². The predicted molar refractivity (Wildman–Crippen MR) is 142 cm³/mol. The molecule has 2 saturated heterocycles. The maximum absolute atomic E-state index is 5.96. The molecule has 0 spiro atoms. The number of guanidine groups is 1. The van der Waals surface area contributed by atoms with Gasteiger partial charge in [-0.15, -0.1) is 24.0 Å². The van der Waals surface area contributed by atoms with E-state index in [9.17, 15) is 0 Å². The van der Waals surface area contributed by atoms with Crippen LogP contribution in [0.4, 0.5) is 0 Å². The molecule has 2 aliphatic rings. The number of nitrogens with zero attached hydrogens (tertiary/aromatic N) is 3. The molecular weight excluding hydrogens is 517 g/mol. The number of aliphatic imine (C=N–C) groups is 1. The lowest BCUT2D eigenvalue weighted by atomic mass is 10.1. The maximum atomic E-state index is 5.96. The minimum absolute atomic E-state index is 0. The van der Waals surface area contributed by atoms with Gasteiger partial charge in [-0.05, 0) is 24.0 Å². The van der Waals surface area contributed by atoms with E-state index in [4.69, 9.17) is 14.5 Å². The third kappa shape index (κ3) is 9.91. The first kappa shape index (κ1) is 27.3. The Hall–Kier alpha value is -0.940. The first-order valence-electron chi connectivity index (χ1n) is 11.9. The van der Waals surface area contributed by atoms with E-state index in [-0.39, 0.29) is 30.1 Å². The van der Waals surface area contributed by atoms with Gasteiger partial charge in [-0.25, -0.2) is 4.99 Å². The Morgan fingerprint density at radius 3 is 2.41 bits per heavy atom. The van der Waals surface area contributed by atoms with Gasteiger partial charge in [-0.1, -0.05) is 38.1 Å². The van der Waals surface area contributed by atoms with E-state index in [1.165, 1.54) is 11.1 Å². The Morgan fingerprint density at radius 2 is 1.72 bits per heavy atom. The van der Waals surface area contributed by atoms with Crippen molar-refractivity contribution >= 4 is 29.9 Å². The normalized spacial score (nSPS) is 20.8. The fourth-order valence-electron chi connectivity index (χ4n) is 4.08. The maximum Gasteiger partial charge on any atom is 0.191 e. The minimum Gasteiger partial charge on any atom is -0.379 e. The Morgan fingerprint density at radius 1 is 1.03 bits per heavy atom. The summed E-state index contributed by atoms with van der Waals surface area (Å²) < 4.78 is 11.4. The fourth-order valence-corrected chi connectivity index (χ4v) is 4.08. The summed E-state index contributed by atoms with van der Waals surface area (Å²) in [6.45, 7) is 17.6. The lowest BCUT2D eigenvalue weighted by Gasteiger charge is -2.34. The van der Waals surface area contributed by atoms with Crippen molar-refractivity contribution in [1.29, 1.82) is 0 Å². The van der Waals surface area contributed by atoms with Crippen LogP contribution in [0.2, 0.25) is 0 Å². The van der Waals surface area contributed by atoms with Crippen LogP contribution >= 0.6 is 24.0 Å². The molecule has 3 rings (SSSR count). The Balaban J connectivity index is 0.00000363. The van der Waals surface area contributed by atoms with Gasteiger partial charge in [0.05, 0.1) is 32.5 Å². The summed E-state index contributed by atoms with van der Waals surface area (Å²) in [6.07, 6.45) is 0.204. The molecule has 2 fully saturated rings. The molecule has 2 N–H and O–H groups in total. The van der Waals surface area contributed by atoms with E-state index in [0.717, 1.165) is 78.1 Å². The number of rotatable bonds is 9. The highest BCUT2D eigenvalue weighted by Crippen LogP contribution is 2.10. The topological polar surface area (TPSA) is 61.4 Å². The van der Waals surface area contributed by atoms with Crippen molar-refractivity contribution in [3.8, 4) is 0 Å². The Bertz CT molecular complexity index is 665. The second-order valence-electron chi connectivity index (χ2n) is 8.93. The quantitative estimate of drug-likeness (QED) is 0.276. The number of hydrogen-bond acceptors (Lipinski definition) is 5. The summed E-state index contributed by atoms with van der Waals surface area (Å²) in [4.78, 5) is 9.73. The summed E-state index contributed by atoms with van der Waals surface area (Å²) in [5, 5.41) is 6.82. The van der Waals surface area contributed by atoms with Crippen LogP contribution in [0.1, 0.15) is 31.9 Å². The Labute approximate surface area is 211 Å². The van der Waals surface area contributed by atoms with Crippen LogP contribution in [-0.4, -0.2) is 87.5 Å². The number of morpholine rings is 2. The molecule has 2 aliphatic heterocycles. The molecular formula is C24H42IN5O2. The van der Waals surface area contributed by atoms with Crippen LogP contribution in [0, 0.1) is 5.92 Å². The molecule has 1 atom stereocenters. The highest BCUT2D eigenvalue weighted by atomic mass is 127. The molecule has 182 valence electrons. The van der Waals surface area contributed by atoms with E-state index in [1.807, 2.05) is 0 Å². The van der Waals surface area contributed by atoms with Crippen molar-refractivity contribution in [2.45, 2.75) is 40.0 Å². The third-order valence-electron chi connectivity index (χ3n) is 5.64. The molecule has 0 aromatic heterocycles. The van der Waals surface area contributed by atoms with Crippen LogP contribution in [0.3, 0.4) is 0 Å². The van der Waals surface area contributed by atoms with Crippen molar-refractivity contribution in [1.82, 2.24) is 20.4 Å². The number of nitrogens with one attached hydrogen (secondary N) is 2. The number of halogens is 1. The molecule has 1 unspecified atom stereocenters. The average molecular weight is 560 g/mol. The molecule has 0 aliphatic carbocycles. The zero-order chi connectivity index (χ0) is 21.9. The third-order valence-corrected chi connectivity index (χ3v) is 5.64. The van der Waals surface area contributed by atoms with Crippen molar-refractivity contribution in [3.05, 3.63) is 35.4 Å². The standard InChI is InChI=1S/C24H41N5O2.HI/c1-4-25-24(27-16-23-19-29(11-14-31-23)17-20(2)3)26-15-21-5-7-22(8-6-21)18-28-9-12-30-13-10-28;/h5-8,20,23H,4,9-19H2,1-3H3,(H2,25,26,27);1H. The Kier molecular flexibility index (Phi) is 12.8. The van der Waals surface area contributed by atoms with Gasteiger partial charge in [-0.3, -0.25) is 9.80 Å². The van der Waals surface area contributed by atoms with Crippen LogP contribution in [0.25, 0.3) is 0 Å². The van der Waals surface area contributed by atoms with Gasteiger partial charge >= 0.3 is 0 Å². The molecule has 0 amide bonds. The zero-order valence-corrected chi connectivity index (χ0v) is 22.3. The zero-order valence-electron chi connectivity index (χ0n) is 20.0. The molecule has 0 radical (unpaired) electrons. The second-order valence-corrected chi connectivity index (χ2v) is 8.93. The molecule has 1 aromatic carbocycles. The largest absolute Gasteiger partial charge is 0.379 e. The van der Waals surface area contributed by atoms with E-state index in [0.29, 0.717) is 12.5 Å². The summed E-state index contributed by atoms with van der Waals surface area (Å²) in [7, 11) is 0. The van der Waals surface area contributed by atoms with Gasteiger partial charge in [0.25, 0.3) is 0 Å². The van der Waals surface area contributed by atoms with Crippen LogP contribution in [0.15, 0.2) is 29.3 Å². The minimum atomic E-state index is 0. The molecule has 7 nitrogen and oxygen atoms in total. The lowest BCUT2D eigenvalue weighted by Crippen LogP contribution is -2.50. The summed E-state index contributed by atoms with van der Waals surface area (Å²) >= 11 is 0. The summed E-state index contributed by atoms with van der Waals surface area (Å²) in [5.41, 5.74) is 2.57.